The van der Waals surface area contributed by atoms with E-state index in [1.165, 1.54) is 22.3 Å². The molecule has 15 heteroatoms. The molecule has 0 bridgehead atoms. The topological polar surface area (TPSA) is 181 Å². The minimum absolute atomic E-state index is 0.0175. The Hall–Kier alpha value is -4.92. The van der Waals surface area contributed by atoms with Gasteiger partial charge in [0.1, 0.15) is 52.6 Å². The van der Waals surface area contributed by atoms with Crippen LogP contribution in [-0.2, 0) is 19.1 Å². The van der Waals surface area contributed by atoms with Crippen molar-refractivity contribution >= 4 is 51.2 Å². The first kappa shape index (κ1) is 42.7. The Labute approximate surface area is 344 Å². The molecule has 58 heavy (non-hydrogen) atoms. The Balaban J connectivity index is 1.36. The number of carboxylic acid groups (broad SMARTS) is 1. The Morgan fingerprint density at radius 3 is 2.34 bits per heavy atom. The number of aromatic nitrogens is 2. The van der Waals surface area contributed by atoms with Gasteiger partial charge in [-0.2, -0.15) is 0 Å². The average Bonchev–Trinajstić information content (AvgIpc) is 3.54. The highest BCUT2D eigenvalue weighted by molar-refractivity contribution is 7.14. The van der Waals surface area contributed by atoms with Gasteiger partial charge in [0.05, 0.1) is 17.8 Å². The number of anilines is 1. The quantitative estimate of drug-likeness (QED) is 0.128. The molecule has 3 amide bonds. The van der Waals surface area contributed by atoms with E-state index in [1.54, 1.807) is 0 Å². The standard InChI is InChI=1S/C43H58N6O8S/c1-11-25-20-43(25,38(52)53)48-36(50)31-18-27(21-49(31)37(51)35(41(5,6)7)47-40(54)56-26-14-12-13-15-26)55-33-19-29(30-22-58-39(46-30)44-23(2)3)45-34-24(4)32(17-16-28(33)34)57-42(8,9)10/h11,16-17,19,22-23,25-27,31,35H,1,12-15,18,20-21H2,2-10H3,(H,44,46)(H,47,54)(H,48,50)(H,52,53). The number of benzene rings is 1. The number of fused-ring (bicyclic) bond motifs is 1. The number of pyridine rings is 1. The maximum absolute atomic E-state index is 14.7. The summed E-state index contributed by atoms with van der Waals surface area (Å²) in [6, 6.07) is 3.59. The van der Waals surface area contributed by atoms with E-state index < -0.39 is 64.5 Å². The molecule has 314 valence electrons. The number of rotatable bonds is 13. The zero-order valence-corrected chi connectivity index (χ0v) is 35.9. The second kappa shape index (κ2) is 16.4. The average molecular weight is 819 g/mol. The fourth-order valence-corrected chi connectivity index (χ4v) is 8.60. The van der Waals surface area contributed by atoms with Gasteiger partial charge in [0.25, 0.3) is 0 Å². The van der Waals surface area contributed by atoms with E-state index in [0.29, 0.717) is 33.8 Å². The Kier molecular flexibility index (Phi) is 12.1. The van der Waals surface area contributed by atoms with Crippen LogP contribution in [0.3, 0.4) is 0 Å². The van der Waals surface area contributed by atoms with Crippen molar-refractivity contribution in [3.8, 4) is 22.9 Å². The number of aryl methyl sites for hydroxylation is 1. The van der Waals surface area contributed by atoms with Crippen LogP contribution in [0, 0.1) is 18.3 Å². The lowest BCUT2D eigenvalue weighted by Crippen LogP contribution is -2.59. The lowest BCUT2D eigenvalue weighted by atomic mass is 9.85. The van der Waals surface area contributed by atoms with Gasteiger partial charge < -0.3 is 40.2 Å². The molecule has 2 aliphatic carbocycles. The lowest BCUT2D eigenvalue weighted by Gasteiger charge is -2.35. The molecule has 2 aromatic heterocycles. The van der Waals surface area contributed by atoms with Gasteiger partial charge in [-0.15, -0.1) is 17.9 Å². The summed E-state index contributed by atoms with van der Waals surface area (Å²) >= 11 is 1.47. The molecular formula is C43H58N6O8S. The molecule has 3 aromatic rings. The van der Waals surface area contributed by atoms with Gasteiger partial charge in [-0.25, -0.2) is 19.6 Å². The van der Waals surface area contributed by atoms with Crippen molar-refractivity contribution in [3.63, 3.8) is 0 Å². The number of amides is 3. The highest BCUT2D eigenvalue weighted by atomic mass is 32.1. The normalized spacial score (nSPS) is 22.7. The molecule has 1 aliphatic heterocycles. The SMILES string of the molecule is C=CC1CC1(NC(=O)C1CC(Oc2cc(-c3csc(NC(C)C)n3)nc3c(C)c(OC(C)(C)C)ccc23)CN1C(=O)C(NC(=O)OC1CCCC1)C(C)(C)C)C(=O)O. The zero-order valence-electron chi connectivity index (χ0n) is 35.1. The van der Waals surface area contributed by atoms with Crippen LogP contribution < -0.4 is 25.4 Å². The van der Waals surface area contributed by atoms with E-state index >= 15 is 0 Å². The number of ether oxygens (including phenoxy) is 3. The summed E-state index contributed by atoms with van der Waals surface area (Å²) in [6.45, 7) is 21.2. The number of carboxylic acids is 1. The summed E-state index contributed by atoms with van der Waals surface area (Å²) in [6.07, 6.45) is 3.60. The Bertz CT molecular complexity index is 2060. The minimum Gasteiger partial charge on any atom is -0.488 e. The number of aliphatic carboxylic acids is 1. The second-order valence-electron chi connectivity index (χ2n) is 18.2. The van der Waals surface area contributed by atoms with Crippen molar-refractivity contribution in [2.45, 2.75) is 142 Å². The number of thiazole rings is 1. The second-order valence-corrected chi connectivity index (χ2v) is 19.0. The largest absolute Gasteiger partial charge is 0.488 e. The molecule has 3 heterocycles. The first-order valence-corrected chi connectivity index (χ1v) is 21.0. The molecule has 1 aromatic carbocycles. The van der Waals surface area contributed by atoms with E-state index in [2.05, 4.69) is 22.5 Å². The number of alkyl carbamates (subject to hydrolysis) is 1. The van der Waals surface area contributed by atoms with Gasteiger partial charge in [-0.1, -0.05) is 26.8 Å². The van der Waals surface area contributed by atoms with E-state index in [4.69, 9.17) is 24.2 Å². The molecule has 14 nitrogen and oxygen atoms in total. The van der Waals surface area contributed by atoms with Crippen LogP contribution in [0.15, 0.2) is 36.2 Å². The summed E-state index contributed by atoms with van der Waals surface area (Å²) in [4.78, 5) is 65.8. The highest BCUT2D eigenvalue weighted by Gasteiger charge is 2.61. The monoisotopic (exact) mass is 818 g/mol. The molecule has 0 radical (unpaired) electrons. The lowest BCUT2D eigenvalue weighted by molar-refractivity contribution is -0.146. The molecule has 5 atom stereocenters. The Morgan fingerprint density at radius 2 is 1.74 bits per heavy atom. The van der Waals surface area contributed by atoms with E-state index in [-0.39, 0.29) is 31.5 Å². The van der Waals surface area contributed by atoms with Crippen LogP contribution in [0.25, 0.3) is 22.3 Å². The van der Waals surface area contributed by atoms with Crippen molar-refractivity contribution in [1.82, 2.24) is 25.5 Å². The first-order valence-electron chi connectivity index (χ1n) is 20.2. The first-order chi connectivity index (χ1) is 27.2. The predicted molar refractivity (Wildman–Crippen MR) is 223 cm³/mol. The molecule has 2 saturated carbocycles. The third-order valence-corrected chi connectivity index (χ3v) is 11.6. The van der Waals surface area contributed by atoms with Gasteiger partial charge in [-0.3, -0.25) is 9.59 Å². The summed E-state index contributed by atoms with van der Waals surface area (Å²) in [5.74, 6) is -1.62. The summed E-state index contributed by atoms with van der Waals surface area (Å²) in [7, 11) is 0. The molecule has 3 fully saturated rings. The van der Waals surface area contributed by atoms with Gasteiger partial charge in [0, 0.05) is 40.8 Å². The zero-order chi connectivity index (χ0) is 42.3. The number of hydrogen-bond acceptors (Lipinski definition) is 11. The number of carbonyl (C=O) groups excluding carboxylic acids is 3. The number of carbonyl (C=O) groups is 4. The summed E-state index contributed by atoms with van der Waals surface area (Å²) in [5, 5.41) is 22.4. The molecule has 4 N–H and O–H groups in total. The third kappa shape index (κ3) is 9.35. The van der Waals surface area contributed by atoms with Gasteiger partial charge in [0.15, 0.2) is 5.13 Å². The maximum Gasteiger partial charge on any atom is 0.408 e. The third-order valence-electron chi connectivity index (χ3n) is 10.9. The summed E-state index contributed by atoms with van der Waals surface area (Å²) < 4.78 is 18.8. The molecular weight excluding hydrogens is 761 g/mol. The van der Waals surface area contributed by atoms with Gasteiger partial charge in [0.2, 0.25) is 11.8 Å². The summed E-state index contributed by atoms with van der Waals surface area (Å²) in [5.41, 5.74) is -0.102. The van der Waals surface area contributed by atoms with E-state index in [9.17, 15) is 24.3 Å². The fourth-order valence-electron chi connectivity index (χ4n) is 7.75. The molecule has 6 rings (SSSR count). The number of nitrogens with zero attached hydrogens (tertiary/aromatic N) is 3. The van der Waals surface area contributed by atoms with Crippen molar-refractivity contribution in [2.75, 3.05) is 11.9 Å². The van der Waals surface area contributed by atoms with Gasteiger partial charge >= 0.3 is 12.1 Å². The Morgan fingerprint density at radius 1 is 1.03 bits per heavy atom. The minimum atomic E-state index is -1.52. The molecule has 0 spiro atoms. The van der Waals surface area contributed by atoms with Crippen LogP contribution in [0.4, 0.5) is 9.93 Å². The maximum atomic E-state index is 14.7. The molecule has 5 unspecified atom stereocenters. The van der Waals surface area contributed by atoms with Crippen molar-refractivity contribution < 1.29 is 38.5 Å². The smallest absolute Gasteiger partial charge is 0.408 e. The number of nitrogens with one attached hydrogen (secondary N) is 3. The van der Waals surface area contributed by atoms with E-state index in [0.717, 1.165) is 36.4 Å². The van der Waals surface area contributed by atoms with Crippen LogP contribution >= 0.6 is 11.3 Å². The van der Waals surface area contributed by atoms with Crippen molar-refractivity contribution in [2.24, 2.45) is 11.3 Å². The highest BCUT2D eigenvalue weighted by Crippen LogP contribution is 2.45. The number of hydrogen-bond donors (Lipinski definition) is 4. The van der Waals surface area contributed by atoms with Crippen LogP contribution in [0.5, 0.6) is 11.5 Å². The van der Waals surface area contributed by atoms with Crippen LogP contribution in [0.2, 0.25) is 0 Å². The predicted octanol–water partition coefficient (Wildman–Crippen LogP) is 7.24. The van der Waals surface area contributed by atoms with Crippen molar-refractivity contribution in [3.05, 3.63) is 41.8 Å². The van der Waals surface area contributed by atoms with Crippen LogP contribution in [-0.4, -0.2) is 91.9 Å². The van der Waals surface area contributed by atoms with Crippen molar-refractivity contribution in [1.29, 1.82) is 0 Å². The van der Waals surface area contributed by atoms with Gasteiger partial charge in [-0.05, 0) is 91.2 Å². The van der Waals surface area contributed by atoms with E-state index in [1.807, 2.05) is 85.9 Å². The fraction of sp³-hybridized carbons (Fsp3) is 0.581. The molecule has 1 saturated heterocycles. The van der Waals surface area contributed by atoms with Crippen LogP contribution in [0.1, 0.15) is 99.5 Å². The molecule has 3 aliphatic rings. The number of likely N-dealkylation sites (tertiary alicyclic amines) is 1.